The van der Waals surface area contributed by atoms with Gasteiger partial charge in [-0.15, -0.1) is 0 Å². The fourth-order valence-corrected chi connectivity index (χ4v) is 1.30. The Hall–Kier alpha value is -2.41. The van der Waals surface area contributed by atoms with E-state index in [4.69, 9.17) is 5.11 Å². The lowest BCUT2D eigenvalue weighted by Crippen LogP contribution is -2.07. The molecule has 7 nitrogen and oxygen atoms in total. The van der Waals surface area contributed by atoms with Crippen molar-refractivity contribution in [2.24, 2.45) is 0 Å². The van der Waals surface area contributed by atoms with Gasteiger partial charge < -0.3 is 19.9 Å². The molecule has 0 bridgehead atoms. The third-order valence-corrected chi connectivity index (χ3v) is 2.00. The molecule has 0 aliphatic rings. The van der Waals surface area contributed by atoms with Crippen molar-refractivity contribution in [3.63, 3.8) is 0 Å². The van der Waals surface area contributed by atoms with Crippen LogP contribution in [0.1, 0.15) is 10.5 Å². The number of carbonyl (C=O) groups is 1. The zero-order valence-corrected chi connectivity index (χ0v) is 9.80. The maximum absolute atomic E-state index is 11.3. The van der Waals surface area contributed by atoms with Crippen LogP contribution in [0.5, 0.6) is 5.75 Å². The van der Waals surface area contributed by atoms with Gasteiger partial charge in [-0.25, -0.2) is 9.78 Å². The van der Waals surface area contributed by atoms with Crippen LogP contribution in [0.25, 0.3) is 10.8 Å². The number of aromatic amines is 1. The number of methoxy groups -OCH3 is 1. The summed E-state index contributed by atoms with van der Waals surface area (Å²) in [4.78, 5) is 27.8. The van der Waals surface area contributed by atoms with Gasteiger partial charge in [0, 0.05) is 32.0 Å². The van der Waals surface area contributed by atoms with Gasteiger partial charge in [0.1, 0.15) is 0 Å². The van der Waals surface area contributed by atoms with E-state index < -0.39 is 23.0 Å². The molecule has 2 rings (SSSR count). The highest BCUT2D eigenvalue weighted by molar-refractivity contribution is 5.97. The first-order valence-corrected chi connectivity index (χ1v) is 4.85. The van der Waals surface area contributed by atoms with E-state index >= 15 is 0 Å². The van der Waals surface area contributed by atoms with Gasteiger partial charge in [0.05, 0.1) is 5.39 Å². The average Bonchev–Trinajstić information content (AvgIpc) is 2.31. The number of aromatic hydroxyl groups is 1. The van der Waals surface area contributed by atoms with Crippen LogP contribution in [0, 0.1) is 0 Å². The average molecular weight is 252 g/mol. The van der Waals surface area contributed by atoms with Crippen molar-refractivity contribution in [2.75, 3.05) is 14.2 Å². The predicted octanol–water partition coefficient (Wildman–Crippen LogP) is 0.589. The highest BCUT2D eigenvalue weighted by Gasteiger charge is 2.15. The van der Waals surface area contributed by atoms with Crippen LogP contribution in [0.3, 0.4) is 0 Å². The Morgan fingerprint density at radius 3 is 2.56 bits per heavy atom. The van der Waals surface area contributed by atoms with Gasteiger partial charge in [0.15, 0.2) is 11.4 Å². The van der Waals surface area contributed by atoms with E-state index in [-0.39, 0.29) is 10.8 Å². The Morgan fingerprint density at radius 1 is 1.39 bits per heavy atom. The molecule has 0 saturated carbocycles. The summed E-state index contributed by atoms with van der Waals surface area (Å²) in [6, 6.07) is 1.42. The van der Waals surface area contributed by atoms with E-state index in [1.54, 1.807) is 14.2 Å². The number of H-pyrrole nitrogens is 1. The zero-order valence-electron chi connectivity index (χ0n) is 9.80. The maximum atomic E-state index is 11.3. The minimum absolute atomic E-state index is 0.153. The van der Waals surface area contributed by atoms with E-state index in [9.17, 15) is 14.7 Å². The third-order valence-electron chi connectivity index (χ3n) is 2.00. The van der Waals surface area contributed by atoms with Gasteiger partial charge in [-0.1, -0.05) is 0 Å². The molecule has 0 aromatic carbocycles. The van der Waals surface area contributed by atoms with E-state index in [0.717, 1.165) is 6.20 Å². The molecule has 0 fully saturated rings. The maximum Gasteiger partial charge on any atom is 0.358 e. The molecular formula is C11H12N2O5. The second-order valence-electron chi connectivity index (χ2n) is 3.30. The topological polar surface area (TPSA) is 113 Å². The lowest BCUT2D eigenvalue weighted by Gasteiger charge is -2.01. The molecule has 0 aliphatic carbocycles. The molecule has 0 unspecified atom stereocenters. The first-order valence-electron chi connectivity index (χ1n) is 4.85. The summed E-state index contributed by atoms with van der Waals surface area (Å²) in [6.07, 6.45) is 2.45. The summed E-state index contributed by atoms with van der Waals surface area (Å²) in [7, 11) is 3.25. The molecule has 96 valence electrons. The van der Waals surface area contributed by atoms with Crippen molar-refractivity contribution in [2.45, 2.75) is 0 Å². The zero-order chi connectivity index (χ0) is 13.7. The molecule has 3 N–H and O–H groups in total. The van der Waals surface area contributed by atoms with Crippen molar-refractivity contribution in [1.29, 1.82) is 0 Å². The summed E-state index contributed by atoms with van der Waals surface area (Å²) in [5.41, 5.74) is -0.889. The number of fused-ring (bicyclic) bond motifs is 1. The Morgan fingerprint density at radius 2 is 2.00 bits per heavy atom. The fraction of sp³-hybridized carbons (Fsp3) is 0.182. The Balaban J connectivity index is 0.000000492. The molecule has 18 heavy (non-hydrogen) atoms. The van der Waals surface area contributed by atoms with Crippen LogP contribution in [0.2, 0.25) is 0 Å². The number of carboxylic acids is 1. The first kappa shape index (κ1) is 13.7. The molecular weight excluding hydrogens is 240 g/mol. The summed E-state index contributed by atoms with van der Waals surface area (Å²) >= 11 is 0. The number of ether oxygens (including phenoxy) is 1. The molecule has 0 aliphatic heterocycles. The highest BCUT2D eigenvalue weighted by atomic mass is 16.4. The Labute approximate surface area is 102 Å². The molecule has 0 amide bonds. The van der Waals surface area contributed by atoms with Crippen molar-refractivity contribution >= 4 is 16.7 Å². The van der Waals surface area contributed by atoms with Crippen molar-refractivity contribution in [3.05, 3.63) is 34.5 Å². The quantitative estimate of drug-likeness (QED) is 0.684. The Bertz CT molecular complexity index is 620. The number of nitrogens with one attached hydrogen (secondary N) is 1. The number of nitrogens with zero attached hydrogens (tertiary/aromatic N) is 1. The van der Waals surface area contributed by atoms with Crippen LogP contribution in [-0.2, 0) is 4.74 Å². The van der Waals surface area contributed by atoms with Crippen LogP contribution < -0.4 is 5.56 Å². The fourth-order valence-electron chi connectivity index (χ4n) is 1.30. The van der Waals surface area contributed by atoms with E-state index in [1.807, 2.05) is 0 Å². The monoisotopic (exact) mass is 252 g/mol. The van der Waals surface area contributed by atoms with Gasteiger partial charge in [0.2, 0.25) is 0 Å². The molecule has 7 heteroatoms. The molecule has 2 aromatic heterocycles. The molecule has 0 spiro atoms. The summed E-state index contributed by atoms with van der Waals surface area (Å²) < 4.78 is 4.25. The first-order chi connectivity index (χ1) is 8.52. The second-order valence-corrected chi connectivity index (χ2v) is 3.30. The van der Waals surface area contributed by atoms with Gasteiger partial charge in [0.25, 0.3) is 5.56 Å². The smallest absolute Gasteiger partial charge is 0.358 e. The number of aromatic carboxylic acids is 1. The summed E-state index contributed by atoms with van der Waals surface area (Å²) in [5.74, 6) is -1.83. The van der Waals surface area contributed by atoms with Gasteiger partial charge in [-0.2, -0.15) is 0 Å². The SMILES string of the molecule is COC.O=C(O)c1ncc2c(=O)[nH]ccc2c1O. The minimum atomic E-state index is -1.34. The number of carboxylic acid groups (broad SMARTS) is 1. The Kier molecular flexibility index (Phi) is 4.39. The van der Waals surface area contributed by atoms with Crippen LogP contribution in [0.15, 0.2) is 23.3 Å². The molecule has 2 aromatic rings. The lowest BCUT2D eigenvalue weighted by molar-refractivity contribution is 0.0687. The lowest BCUT2D eigenvalue weighted by atomic mass is 10.2. The largest absolute Gasteiger partial charge is 0.505 e. The van der Waals surface area contributed by atoms with Crippen molar-refractivity contribution < 1.29 is 19.7 Å². The number of hydrogen-bond donors (Lipinski definition) is 3. The number of aromatic nitrogens is 2. The van der Waals surface area contributed by atoms with Gasteiger partial charge in [-0.3, -0.25) is 4.79 Å². The second kappa shape index (κ2) is 5.78. The van der Waals surface area contributed by atoms with Crippen molar-refractivity contribution in [1.82, 2.24) is 9.97 Å². The van der Waals surface area contributed by atoms with Gasteiger partial charge in [-0.05, 0) is 6.07 Å². The molecule has 0 atom stereocenters. The van der Waals surface area contributed by atoms with Crippen LogP contribution >= 0.6 is 0 Å². The van der Waals surface area contributed by atoms with Crippen molar-refractivity contribution in [3.8, 4) is 5.75 Å². The van der Waals surface area contributed by atoms with Crippen LogP contribution in [-0.4, -0.2) is 40.4 Å². The van der Waals surface area contributed by atoms with Gasteiger partial charge >= 0.3 is 5.97 Å². The molecule has 2 heterocycles. The minimum Gasteiger partial charge on any atom is -0.505 e. The predicted molar refractivity (Wildman–Crippen MR) is 63.9 cm³/mol. The third kappa shape index (κ3) is 2.64. The van der Waals surface area contributed by atoms with E-state index in [1.165, 1.54) is 12.3 Å². The van der Waals surface area contributed by atoms with Crippen LogP contribution in [0.4, 0.5) is 0 Å². The highest BCUT2D eigenvalue weighted by Crippen LogP contribution is 2.23. The van der Waals surface area contributed by atoms with E-state index in [2.05, 4.69) is 14.7 Å². The number of hydrogen-bond acceptors (Lipinski definition) is 5. The summed E-state index contributed by atoms with van der Waals surface area (Å²) in [5, 5.41) is 18.6. The van der Waals surface area contributed by atoms with E-state index in [0.29, 0.717) is 0 Å². The normalized spacial score (nSPS) is 9.67. The number of pyridine rings is 2. The standard InChI is InChI=1S/C9H6N2O4.C2H6O/c12-7-4-1-2-10-8(13)5(4)3-11-6(7)9(14)15;1-3-2/h1-3,12H,(H,10,13)(H,14,15);1-2H3. The molecule has 0 radical (unpaired) electrons. The molecule has 0 saturated heterocycles. The number of rotatable bonds is 1. The summed E-state index contributed by atoms with van der Waals surface area (Å²) in [6.45, 7) is 0.